The lowest BCUT2D eigenvalue weighted by molar-refractivity contribution is -0.115. The van der Waals surface area contributed by atoms with Crippen molar-refractivity contribution in [2.75, 3.05) is 12.4 Å². The van der Waals surface area contributed by atoms with Crippen LogP contribution in [0.2, 0.25) is 0 Å². The lowest BCUT2D eigenvalue weighted by atomic mass is 10.1. The zero-order chi connectivity index (χ0) is 14.5. The van der Waals surface area contributed by atoms with Gasteiger partial charge in [-0.05, 0) is 30.3 Å². The number of hydrogen-bond acceptors (Lipinski definition) is 2. The van der Waals surface area contributed by atoms with Crippen LogP contribution in [0.4, 0.5) is 14.5 Å². The minimum absolute atomic E-state index is 0.0906. The topological polar surface area (TPSA) is 38.3 Å². The van der Waals surface area contributed by atoms with Crippen molar-refractivity contribution in [1.29, 1.82) is 0 Å². The van der Waals surface area contributed by atoms with Crippen LogP contribution in [-0.2, 0) is 11.2 Å². The second-order valence-corrected chi connectivity index (χ2v) is 4.16. The molecule has 2 rings (SSSR count). The molecule has 2 aromatic carbocycles. The molecule has 20 heavy (non-hydrogen) atoms. The predicted molar refractivity (Wildman–Crippen MR) is 71.7 cm³/mol. The van der Waals surface area contributed by atoms with E-state index in [1.54, 1.807) is 6.07 Å². The van der Waals surface area contributed by atoms with E-state index in [9.17, 15) is 13.6 Å². The summed E-state index contributed by atoms with van der Waals surface area (Å²) in [6.45, 7) is 0. The third-order valence-electron chi connectivity index (χ3n) is 2.74. The molecule has 0 saturated heterocycles. The summed E-state index contributed by atoms with van der Waals surface area (Å²) < 4.78 is 31.6. The van der Waals surface area contributed by atoms with Crippen molar-refractivity contribution in [3.8, 4) is 5.75 Å². The Kier molecular flexibility index (Phi) is 4.30. The van der Waals surface area contributed by atoms with Gasteiger partial charge in [0.25, 0.3) is 0 Å². The van der Waals surface area contributed by atoms with Crippen LogP contribution in [0.25, 0.3) is 0 Å². The first kappa shape index (κ1) is 14.0. The van der Waals surface area contributed by atoms with Crippen molar-refractivity contribution >= 4 is 11.6 Å². The molecule has 0 saturated carbocycles. The van der Waals surface area contributed by atoms with E-state index in [1.807, 2.05) is 0 Å². The van der Waals surface area contributed by atoms with Crippen LogP contribution in [0, 0.1) is 11.6 Å². The first-order valence-corrected chi connectivity index (χ1v) is 5.97. The van der Waals surface area contributed by atoms with Crippen LogP contribution in [0.15, 0.2) is 42.5 Å². The van der Waals surface area contributed by atoms with E-state index in [4.69, 9.17) is 4.74 Å². The second-order valence-electron chi connectivity index (χ2n) is 4.16. The van der Waals surface area contributed by atoms with E-state index in [0.717, 1.165) is 0 Å². The SMILES string of the molecule is COc1ccc(F)cc1CC(=O)Nc1ccccc1F. The molecule has 0 unspecified atom stereocenters. The van der Waals surface area contributed by atoms with Gasteiger partial charge in [-0.1, -0.05) is 12.1 Å². The number of para-hydroxylation sites is 1. The molecule has 0 aromatic heterocycles. The van der Waals surface area contributed by atoms with Gasteiger partial charge in [-0.3, -0.25) is 4.79 Å². The zero-order valence-corrected chi connectivity index (χ0v) is 10.8. The minimum atomic E-state index is -0.521. The fourth-order valence-corrected chi connectivity index (χ4v) is 1.82. The molecule has 0 bridgehead atoms. The fraction of sp³-hybridized carbons (Fsp3) is 0.133. The maximum atomic E-state index is 13.4. The normalized spacial score (nSPS) is 10.2. The number of hydrogen-bond donors (Lipinski definition) is 1. The molecule has 104 valence electrons. The fourth-order valence-electron chi connectivity index (χ4n) is 1.82. The highest BCUT2D eigenvalue weighted by Gasteiger charge is 2.11. The summed E-state index contributed by atoms with van der Waals surface area (Å²) in [4.78, 5) is 11.9. The molecule has 0 fully saturated rings. The number of anilines is 1. The summed E-state index contributed by atoms with van der Waals surface area (Å²) in [5.41, 5.74) is 0.495. The van der Waals surface area contributed by atoms with Crippen LogP contribution in [0.3, 0.4) is 0 Å². The second kappa shape index (κ2) is 6.14. The number of halogens is 2. The number of nitrogens with one attached hydrogen (secondary N) is 1. The van der Waals surface area contributed by atoms with Gasteiger partial charge >= 0.3 is 0 Å². The van der Waals surface area contributed by atoms with Crippen molar-refractivity contribution < 1.29 is 18.3 Å². The van der Waals surface area contributed by atoms with Gasteiger partial charge in [0.2, 0.25) is 5.91 Å². The van der Waals surface area contributed by atoms with Gasteiger partial charge in [-0.15, -0.1) is 0 Å². The predicted octanol–water partition coefficient (Wildman–Crippen LogP) is 3.15. The van der Waals surface area contributed by atoms with Gasteiger partial charge in [-0.2, -0.15) is 0 Å². The van der Waals surface area contributed by atoms with E-state index in [2.05, 4.69) is 5.32 Å². The van der Waals surface area contributed by atoms with Crippen LogP contribution < -0.4 is 10.1 Å². The molecular weight excluding hydrogens is 264 g/mol. The summed E-state index contributed by atoms with van der Waals surface area (Å²) >= 11 is 0. The third-order valence-corrected chi connectivity index (χ3v) is 2.74. The van der Waals surface area contributed by atoms with Crippen molar-refractivity contribution in [3.63, 3.8) is 0 Å². The van der Waals surface area contributed by atoms with Gasteiger partial charge in [0.1, 0.15) is 17.4 Å². The maximum Gasteiger partial charge on any atom is 0.229 e. The van der Waals surface area contributed by atoms with Gasteiger partial charge in [-0.25, -0.2) is 8.78 Å². The highest BCUT2D eigenvalue weighted by Crippen LogP contribution is 2.20. The number of carbonyl (C=O) groups excluding carboxylic acids is 1. The van der Waals surface area contributed by atoms with Crippen molar-refractivity contribution in [2.24, 2.45) is 0 Å². The van der Waals surface area contributed by atoms with E-state index in [0.29, 0.717) is 11.3 Å². The number of carbonyl (C=O) groups is 1. The van der Waals surface area contributed by atoms with Crippen LogP contribution in [0.1, 0.15) is 5.56 Å². The first-order valence-electron chi connectivity index (χ1n) is 5.97. The molecule has 0 atom stereocenters. The number of ether oxygens (including phenoxy) is 1. The van der Waals surface area contributed by atoms with E-state index in [-0.39, 0.29) is 12.1 Å². The molecule has 3 nitrogen and oxygen atoms in total. The molecule has 1 amide bonds. The number of benzene rings is 2. The Balaban J connectivity index is 2.12. The Bertz CT molecular complexity index is 629. The highest BCUT2D eigenvalue weighted by atomic mass is 19.1. The summed E-state index contributed by atoms with van der Waals surface area (Å²) in [6, 6.07) is 9.76. The van der Waals surface area contributed by atoms with Crippen molar-refractivity contribution in [1.82, 2.24) is 0 Å². The Morgan fingerprint density at radius 1 is 1.20 bits per heavy atom. The highest BCUT2D eigenvalue weighted by molar-refractivity contribution is 5.92. The quantitative estimate of drug-likeness (QED) is 0.932. The Hall–Kier alpha value is -2.43. The van der Waals surface area contributed by atoms with Crippen molar-refractivity contribution in [2.45, 2.75) is 6.42 Å². The monoisotopic (exact) mass is 277 g/mol. The van der Waals surface area contributed by atoms with E-state index < -0.39 is 17.5 Å². The molecule has 1 N–H and O–H groups in total. The molecule has 0 spiro atoms. The molecular formula is C15H13F2NO2. The first-order chi connectivity index (χ1) is 9.60. The van der Waals surface area contributed by atoms with Crippen molar-refractivity contribution in [3.05, 3.63) is 59.7 Å². The zero-order valence-electron chi connectivity index (χ0n) is 10.8. The largest absolute Gasteiger partial charge is 0.496 e. The smallest absolute Gasteiger partial charge is 0.229 e. The Labute approximate surface area is 115 Å². The molecule has 0 aliphatic rings. The summed E-state index contributed by atoms with van der Waals surface area (Å²) in [7, 11) is 1.44. The Morgan fingerprint density at radius 2 is 1.95 bits per heavy atom. The molecule has 2 aromatic rings. The van der Waals surface area contributed by atoms with E-state index in [1.165, 1.54) is 43.5 Å². The molecule has 5 heteroatoms. The molecule has 0 aliphatic carbocycles. The summed E-state index contributed by atoms with van der Waals surface area (Å²) in [6.07, 6.45) is -0.102. The van der Waals surface area contributed by atoms with Crippen LogP contribution >= 0.6 is 0 Å². The third kappa shape index (κ3) is 3.32. The van der Waals surface area contributed by atoms with Gasteiger partial charge in [0.15, 0.2) is 0 Å². The van der Waals surface area contributed by atoms with Gasteiger partial charge in [0.05, 0.1) is 19.2 Å². The summed E-state index contributed by atoms with van der Waals surface area (Å²) in [5.74, 6) is -1.01. The molecule has 0 aliphatic heterocycles. The standard InChI is InChI=1S/C15H13F2NO2/c1-20-14-7-6-11(16)8-10(14)9-15(19)18-13-5-3-2-4-12(13)17/h2-8H,9H2,1H3,(H,18,19). The Morgan fingerprint density at radius 3 is 2.65 bits per heavy atom. The lowest BCUT2D eigenvalue weighted by Gasteiger charge is -2.09. The molecule has 0 radical (unpaired) electrons. The number of rotatable bonds is 4. The van der Waals surface area contributed by atoms with Gasteiger partial charge in [0, 0.05) is 5.56 Å². The van der Waals surface area contributed by atoms with Crippen LogP contribution in [0.5, 0.6) is 5.75 Å². The summed E-state index contributed by atoms with van der Waals surface area (Å²) in [5, 5.41) is 2.44. The van der Waals surface area contributed by atoms with Gasteiger partial charge < -0.3 is 10.1 Å². The number of amides is 1. The molecule has 0 heterocycles. The number of methoxy groups -OCH3 is 1. The average molecular weight is 277 g/mol. The lowest BCUT2D eigenvalue weighted by Crippen LogP contribution is -2.16. The van der Waals surface area contributed by atoms with Crippen LogP contribution in [-0.4, -0.2) is 13.0 Å². The average Bonchev–Trinajstić information content (AvgIpc) is 2.41. The van der Waals surface area contributed by atoms with E-state index >= 15 is 0 Å². The maximum absolute atomic E-state index is 13.4. The minimum Gasteiger partial charge on any atom is -0.496 e.